The predicted octanol–water partition coefficient (Wildman–Crippen LogP) is 0.989. The molecule has 0 bridgehead atoms. The smallest absolute Gasteiger partial charge is 0.114 e. The van der Waals surface area contributed by atoms with E-state index in [0.29, 0.717) is 23.0 Å². The summed E-state index contributed by atoms with van der Waals surface area (Å²) in [5.41, 5.74) is 0.422. The van der Waals surface area contributed by atoms with E-state index in [0.717, 1.165) is 6.54 Å². The van der Waals surface area contributed by atoms with E-state index in [1.165, 1.54) is 0 Å². The molecule has 0 spiro atoms. The molecule has 0 aromatic heterocycles. The highest BCUT2D eigenvalue weighted by atomic mass is 16.6. The number of quaternary nitrogens is 1. The predicted molar refractivity (Wildman–Crippen MR) is 78.5 cm³/mol. The van der Waals surface area contributed by atoms with Gasteiger partial charge < -0.3 is 5.21 Å². The molecule has 1 aliphatic heterocycles. The zero-order valence-electron chi connectivity index (χ0n) is 13.8. The molecule has 112 valence electrons. The Balaban J connectivity index is 2.19. The highest BCUT2D eigenvalue weighted by molar-refractivity contribution is 5.16. The second-order valence-corrected chi connectivity index (χ2v) is 8.63. The molecule has 2 rings (SSSR count). The normalized spacial score (nSPS) is 37.6. The first-order valence-electron chi connectivity index (χ1n) is 7.44. The summed E-state index contributed by atoms with van der Waals surface area (Å²) < 4.78 is 0. The third kappa shape index (κ3) is 2.56. The molecule has 0 amide bonds. The average molecular weight is 269 g/mol. The van der Waals surface area contributed by atoms with Gasteiger partial charge in [0.2, 0.25) is 0 Å². The lowest BCUT2D eigenvalue weighted by Crippen LogP contribution is -3.15. The van der Waals surface area contributed by atoms with Crippen LogP contribution < -0.4 is 5.17 Å². The fourth-order valence-corrected chi connectivity index (χ4v) is 4.00. The van der Waals surface area contributed by atoms with Crippen LogP contribution >= 0.6 is 0 Å². The SMILES string of the molecule is CN(C)[NH+]([O-])[C@H]1[C@@H]2CN(C(C)(C)C)[C@H](C(C)(C)C)[C@@H]21. The molecule has 2 aliphatic rings. The quantitative estimate of drug-likeness (QED) is 0.759. The third-order valence-corrected chi connectivity index (χ3v) is 4.81. The van der Waals surface area contributed by atoms with E-state index in [-0.39, 0.29) is 17.0 Å². The largest absolute Gasteiger partial charge is 0.613 e. The minimum absolute atomic E-state index is 0.192. The summed E-state index contributed by atoms with van der Waals surface area (Å²) in [6.07, 6.45) is 0. The van der Waals surface area contributed by atoms with Gasteiger partial charge >= 0.3 is 0 Å². The number of fused-ring (bicyclic) bond motifs is 1. The van der Waals surface area contributed by atoms with Crippen LogP contribution in [0.15, 0.2) is 0 Å². The van der Waals surface area contributed by atoms with Gasteiger partial charge in [-0.2, -0.15) is 5.01 Å². The van der Waals surface area contributed by atoms with Crippen molar-refractivity contribution in [2.75, 3.05) is 20.6 Å². The summed E-state index contributed by atoms with van der Waals surface area (Å²) in [6, 6.07) is 0.796. The van der Waals surface area contributed by atoms with Crippen molar-refractivity contribution in [3.63, 3.8) is 0 Å². The minimum Gasteiger partial charge on any atom is -0.613 e. The number of piperidine rings is 1. The van der Waals surface area contributed by atoms with Gasteiger partial charge in [0.05, 0.1) is 0 Å². The molecule has 1 saturated heterocycles. The zero-order chi connectivity index (χ0) is 14.7. The first-order chi connectivity index (χ1) is 8.46. The van der Waals surface area contributed by atoms with E-state index in [4.69, 9.17) is 0 Å². The lowest BCUT2D eigenvalue weighted by molar-refractivity contribution is -0.978. The highest BCUT2D eigenvalue weighted by Gasteiger charge is 2.69. The average Bonchev–Trinajstić information content (AvgIpc) is 2.71. The number of hydrogen-bond acceptors (Lipinski definition) is 3. The van der Waals surface area contributed by atoms with Crippen molar-refractivity contribution in [1.29, 1.82) is 0 Å². The maximum atomic E-state index is 12.3. The second kappa shape index (κ2) is 4.42. The molecule has 0 radical (unpaired) electrons. The molecule has 1 N–H and O–H groups in total. The summed E-state index contributed by atoms with van der Waals surface area (Å²) in [5.74, 6) is 1.15. The number of nitrogens with zero attached hydrogens (tertiary/aromatic N) is 2. The van der Waals surface area contributed by atoms with Gasteiger partial charge in [-0.3, -0.25) is 10.1 Å². The molecule has 19 heavy (non-hydrogen) atoms. The second-order valence-electron chi connectivity index (χ2n) is 8.63. The molecule has 1 saturated carbocycles. The number of nitrogens with one attached hydrogen (secondary N) is 1. The van der Waals surface area contributed by atoms with Crippen LogP contribution in [-0.4, -0.2) is 48.2 Å². The molecule has 1 aliphatic carbocycles. The van der Waals surface area contributed by atoms with E-state index >= 15 is 0 Å². The van der Waals surface area contributed by atoms with Crippen LogP contribution in [0.1, 0.15) is 41.5 Å². The number of rotatable bonds is 2. The Morgan fingerprint density at radius 1 is 1.11 bits per heavy atom. The van der Waals surface area contributed by atoms with Gasteiger partial charge in [0, 0.05) is 44.1 Å². The van der Waals surface area contributed by atoms with Crippen molar-refractivity contribution in [2.24, 2.45) is 17.3 Å². The topological polar surface area (TPSA) is 34.0 Å². The summed E-state index contributed by atoms with van der Waals surface area (Å²) in [7, 11) is 3.76. The molecule has 4 nitrogen and oxygen atoms in total. The molecular formula is C15H31N3O. The molecule has 2 fully saturated rings. The first-order valence-corrected chi connectivity index (χ1v) is 7.44. The Morgan fingerprint density at radius 2 is 1.63 bits per heavy atom. The number of hydroxylamine groups is 1. The maximum absolute atomic E-state index is 12.3. The maximum Gasteiger partial charge on any atom is 0.114 e. The van der Waals surface area contributed by atoms with Gasteiger partial charge in [0.15, 0.2) is 0 Å². The van der Waals surface area contributed by atoms with Gasteiger partial charge in [0.1, 0.15) is 6.04 Å². The first kappa shape index (κ1) is 15.2. The number of likely N-dealkylation sites (tertiary alicyclic amines) is 1. The van der Waals surface area contributed by atoms with Crippen molar-refractivity contribution in [2.45, 2.75) is 59.2 Å². The summed E-state index contributed by atoms with van der Waals surface area (Å²) in [5, 5.41) is 14.4. The van der Waals surface area contributed by atoms with E-state index in [9.17, 15) is 5.21 Å². The Labute approximate surface area is 118 Å². The van der Waals surface area contributed by atoms with Crippen LogP contribution in [0.25, 0.3) is 0 Å². The lowest BCUT2D eigenvalue weighted by atomic mass is 9.81. The van der Waals surface area contributed by atoms with Crippen molar-refractivity contribution in [1.82, 2.24) is 9.91 Å². The lowest BCUT2D eigenvalue weighted by Gasteiger charge is -2.46. The van der Waals surface area contributed by atoms with Gasteiger partial charge in [-0.05, 0) is 26.2 Å². The van der Waals surface area contributed by atoms with E-state index in [1.807, 2.05) is 14.1 Å². The minimum atomic E-state index is 0.192. The Hall–Kier alpha value is -0.160. The van der Waals surface area contributed by atoms with E-state index < -0.39 is 0 Å². The van der Waals surface area contributed by atoms with Crippen molar-refractivity contribution in [3.05, 3.63) is 5.21 Å². The van der Waals surface area contributed by atoms with Crippen LogP contribution in [0.3, 0.4) is 0 Å². The Morgan fingerprint density at radius 3 is 2.00 bits per heavy atom. The molecule has 1 heterocycles. The molecule has 0 aromatic carbocycles. The molecule has 0 aromatic rings. The standard InChI is InChI=1S/C15H31N3O/c1-14(2,3)13-11-10(9-17(13)15(4,5)6)12(11)18(19)16(7)8/h10-13,18H,9H2,1-8H3/t10-,11+,12+,13+/m1/s1. The van der Waals surface area contributed by atoms with Crippen molar-refractivity contribution >= 4 is 0 Å². The summed E-state index contributed by atoms with van der Waals surface area (Å²) in [4.78, 5) is 2.63. The van der Waals surface area contributed by atoms with E-state index in [2.05, 4.69) is 46.4 Å². The highest BCUT2D eigenvalue weighted by Crippen LogP contribution is 2.55. The van der Waals surface area contributed by atoms with Gasteiger partial charge in [0.25, 0.3) is 0 Å². The molecule has 4 heteroatoms. The molecule has 5 atom stereocenters. The summed E-state index contributed by atoms with van der Waals surface area (Å²) in [6.45, 7) is 14.9. The van der Waals surface area contributed by atoms with Crippen LogP contribution in [-0.2, 0) is 0 Å². The van der Waals surface area contributed by atoms with Crippen LogP contribution in [0.2, 0.25) is 0 Å². The monoisotopic (exact) mass is 269 g/mol. The Bertz CT molecular complexity index is 342. The molecular weight excluding hydrogens is 238 g/mol. The van der Waals surface area contributed by atoms with Gasteiger partial charge in [-0.25, -0.2) is 0 Å². The fourth-order valence-electron chi connectivity index (χ4n) is 4.00. The Kier molecular flexibility index (Phi) is 3.54. The summed E-state index contributed by atoms with van der Waals surface area (Å²) >= 11 is 0. The zero-order valence-corrected chi connectivity index (χ0v) is 13.8. The fraction of sp³-hybridized carbons (Fsp3) is 1.00. The van der Waals surface area contributed by atoms with Crippen LogP contribution in [0.5, 0.6) is 0 Å². The number of hydrogen-bond donors (Lipinski definition) is 1. The van der Waals surface area contributed by atoms with Crippen molar-refractivity contribution < 1.29 is 5.17 Å². The van der Waals surface area contributed by atoms with Gasteiger partial charge in [-0.1, -0.05) is 20.8 Å². The van der Waals surface area contributed by atoms with E-state index in [1.54, 1.807) is 5.01 Å². The van der Waals surface area contributed by atoms with Crippen LogP contribution in [0, 0.1) is 22.5 Å². The third-order valence-electron chi connectivity index (χ3n) is 4.81. The van der Waals surface area contributed by atoms with Crippen molar-refractivity contribution in [3.8, 4) is 0 Å². The van der Waals surface area contributed by atoms with Crippen LogP contribution in [0.4, 0.5) is 0 Å². The van der Waals surface area contributed by atoms with Gasteiger partial charge in [-0.15, -0.1) is 0 Å². The molecule has 1 unspecified atom stereocenters.